The van der Waals surface area contributed by atoms with E-state index in [2.05, 4.69) is 29.0 Å². The first-order chi connectivity index (χ1) is 13.7. The van der Waals surface area contributed by atoms with E-state index in [4.69, 9.17) is 0 Å². The van der Waals surface area contributed by atoms with E-state index in [-0.39, 0.29) is 23.9 Å². The molecule has 156 valence electrons. The van der Waals surface area contributed by atoms with Crippen molar-refractivity contribution in [3.8, 4) is 11.1 Å². The van der Waals surface area contributed by atoms with Crippen LogP contribution in [0.2, 0.25) is 0 Å². The highest BCUT2D eigenvalue weighted by Crippen LogP contribution is 2.26. The van der Waals surface area contributed by atoms with Gasteiger partial charge in [0.2, 0.25) is 15.9 Å². The number of sulfonamides is 1. The van der Waals surface area contributed by atoms with Gasteiger partial charge in [-0.2, -0.15) is 0 Å². The summed E-state index contributed by atoms with van der Waals surface area (Å²) in [6, 6.07) is 18.0. The molecular weight excluding hydrogens is 384 g/mol. The summed E-state index contributed by atoms with van der Waals surface area (Å²) in [4.78, 5) is 14.7. The number of nitrogens with zero attached hydrogens (tertiary/aromatic N) is 1. The average Bonchev–Trinajstić information content (AvgIpc) is 3.03. The van der Waals surface area contributed by atoms with E-state index in [1.165, 1.54) is 6.26 Å². The molecule has 0 unspecified atom stereocenters. The Balaban J connectivity index is 1.86. The standard InChI is InChI=1S/C23H30N2O3S/c1-17(2)14-23(26)25-13-12-21(24-29(3,27)28)22(25)16-18-8-7-11-20(15-18)19-9-5-4-6-10-19/h4-11,15,17,21-22,24H,12-14,16H2,1-3H3/t21-,22-/m0/s1. The molecule has 2 aromatic carbocycles. The van der Waals surface area contributed by atoms with Crippen LogP contribution in [0, 0.1) is 5.92 Å². The Morgan fingerprint density at radius 2 is 1.79 bits per heavy atom. The van der Waals surface area contributed by atoms with E-state index in [9.17, 15) is 13.2 Å². The van der Waals surface area contributed by atoms with Gasteiger partial charge in [0.1, 0.15) is 0 Å². The van der Waals surface area contributed by atoms with Crippen molar-refractivity contribution in [3.63, 3.8) is 0 Å². The van der Waals surface area contributed by atoms with Crippen LogP contribution in [0.25, 0.3) is 11.1 Å². The van der Waals surface area contributed by atoms with Crippen LogP contribution in [0.1, 0.15) is 32.3 Å². The molecule has 1 heterocycles. The molecule has 1 saturated heterocycles. The lowest BCUT2D eigenvalue weighted by Crippen LogP contribution is -2.47. The molecule has 0 bridgehead atoms. The number of likely N-dealkylation sites (tertiary alicyclic amines) is 1. The van der Waals surface area contributed by atoms with Crippen molar-refractivity contribution in [2.45, 2.75) is 45.2 Å². The minimum Gasteiger partial charge on any atom is -0.338 e. The Kier molecular flexibility index (Phi) is 6.75. The molecular formula is C23H30N2O3S. The van der Waals surface area contributed by atoms with Gasteiger partial charge in [0, 0.05) is 19.0 Å². The van der Waals surface area contributed by atoms with Gasteiger partial charge >= 0.3 is 0 Å². The zero-order valence-corrected chi connectivity index (χ0v) is 18.2. The van der Waals surface area contributed by atoms with Crippen molar-refractivity contribution in [2.24, 2.45) is 5.92 Å². The third-order valence-electron chi connectivity index (χ3n) is 5.29. The number of hydrogen-bond acceptors (Lipinski definition) is 3. The Morgan fingerprint density at radius 1 is 1.10 bits per heavy atom. The largest absolute Gasteiger partial charge is 0.338 e. The topological polar surface area (TPSA) is 66.5 Å². The van der Waals surface area contributed by atoms with E-state index in [1.807, 2.05) is 49.1 Å². The summed E-state index contributed by atoms with van der Waals surface area (Å²) in [5, 5.41) is 0. The molecule has 0 aliphatic carbocycles. The smallest absolute Gasteiger partial charge is 0.223 e. The van der Waals surface area contributed by atoms with Gasteiger partial charge in [-0.1, -0.05) is 68.4 Å². The predicted octanol–water partition coefficient (Wildman–Crippen LogP) is 3.46. The quantitative estimate of drug-likeness (QED) is 0.754. The van der Waals surface area contributed by atoms with Crippen LogP contribution in [0.3, 0.4) is 0 Å². The van der Waals surface area contributed by atoms with E-state index in [0.717, 1.165) is 16.7 Å². The van der Waals surface area contributed by atoms with Crippen LogP contribution in [0.4, 0.5) is 0 Å². The highest BCUT2D eigenvalue weighted by molar-refractivity contribution is 7.88. The first-order valence-corrected chi connectivity index (χ1v) is 12.0. The van der Waals surface area contributed by atoms with Crippen LogP contribution in [0.5, 0.6) is 0 Å². The predicted molar refractivity (Wildman–Crippen MR) is 117 cm³/mol. The first-order valence-electron chi connectivity index (χ1n) is 10.1. The molecule has 0 radical (unpaired) electrons. The fraction of sp³-hybridized carbons (Fsp3) is 0.435. The normalized spacial score (nSPS) is 19.7. The van der Waals surface area contributed by atoms with E-state index >= 15 is 0 Å². The molecule has 3 rings (SSSR count). The van der Waals surface area contributed by atoms with E-state index in [1.54, 1.807) is 0 Å². The number of hydrogen-bond donors (Lipinski definition) is 1. The molecule has 1 fully saturated rings. The maximum atomic E-state index is 12.8. The van der Waals surface area contributed by atoms with Crippen LogP contribution >= 0.6 is 0 Å². The number of carbonyl (C=O) groups is 1. The average molecular weight is 415 g/mol. The summed E-state index contributed by atoms with van der Waals surface area (Å²) in [5.74, 6) is 0.369. The summed E-state index contributed by atoms with van der Waals surface area (Å²) in [5.41, 5.74) is 3.36. The number of carbonyl (C=O) groups excluding carboxylic acids is 1. The summed E-state index contributed by atoms with van der Waals surface area (Å²) in [6.45, 7) is 4.64. The van der Waals surface area contributed by atoms with Crippen LogP contribution in [0.15, 0.2) is 54.6 Å². The first kappa shape index (κ1) is 21.5. The van der Waals surface area contributed by atoms with Gasteiger partial charge in [0.05, 0.1) is 12.3 Å². The molecule has 5 nitrogen and oxygen atoms in total. The van der Waals surface area contributed by atoms with Crippen molar-refractivity contribution >= 4 is 15.9 Å². The van der Waals surface area contributed by atoms with Crippen molar-refractivity contribution < 1.29 is 13.2 Å². The number of amides is 1. The SMILES string of the molecule is CC(C)CC(=O)N1CC[C@H](NS(C)(=O)=O)[C@@H]1Cc1cccc(-c2ccccc2)c1. The summed E-state index contributed by atoms with van der Waals surface area (Å²) in [6.07, 6.45) is 2.92. The molecule has 1 amide bonds. The van der Waals surface area contributed by atoms with E-state index < -0.39 is 10.0 Å². The number of nitrogens with one attached hydrogen (secondary N) is 1. The lowest BCUT2D eigenvalue weighted by molar-refractivity contribution is -0.132. The molecule has 6 heteroatoms. The van der Waals surface area contributed by atoms with Gasteiger partial charge in [-0.05, 0) is 35.4 Å². The molecule has 2 aromatic rings. The monoisotopic (exact) mass is 414 g/mol. The minimum absolute atomic E-state index is 0.0991. The second kappa shape index (κ2) is 9.09. The van der Waals surface area contributed by atoms with Crippen molar-refractivity contribution in [3.05, 3.63) is 60.2 Å². The maximum absolute atomic E-state index is 12.8. The molecule has 2 atom stereocenters. The van der Waals surface area contributed by atoms with Crippen LogP contribution < -0.4 is 4.72 Å². The number of benzene rings is 2. The lowest BCUT2D eigenvalue weighted by Gasteiger charge is -2.29. The van der Waals surface area contributed by atoms with Gasteiger partial charge in [-0.15, -0.1) is 0 Å². The summed E-state index contributed by atoms with van der Waals surface area (Å²) >= 11 is 0. The minimum atomic E-state index is -3.34. The molecule has 29 heavy (non-hydrogen) atoms. The van der Waals surface area contributed by atoms with Gasteiger partial charge < -0.3 is 4.90 Å². The molecule has 0 aromatic heterocycles. The van der Waals surface area contributed by atoms with Gasteiger partial charge in [-0.3, -0.25) is 4.79 Å². The zero-order valence-electron chi connectivity index (χ0n) is 17.3. The third-order valence-corrected chi connectivity index (χ3v) is 6.02. The van der Waals surface area contributed by atoms with E-state index in [0.29, 0.717) is 25.8 Å². The number of rotatable bonds is 7. The zero-order chi connectivity index (χ0) is 21.0. The highest BCUT2D eigenvalue weighted by Gasteiger charge is 2.38. The fourth-order valence-electron chi connectivity index (χ4n) is 4.04. The fourth-order valence-corrected chi connectivity index (χ4v) is 4.87. The Labute approximate surface area is 174 Å². The van der Waals surface area contributed by atoms with Crippen molar-refractivity contribution in [1.29, 1.82) is 0 Å². The van der Waals surface area contributed by atoms with Gasteiger partial charge in [0.15, 0.2) is 0 Å². The van der Waals surface area contributed by atoms with Crippen molar-refractivity contribution in [1.82, 2.24) is 9.62 Å². The molecule has 0 spiro atoms. The molecule has 1 aliphatic heterocycles. The van der Waals surface area contributed by atoms with Crippen molar-refractivity contribution in [2.75, 3.05) is 12.8 Å². The second-order valence-corrected chi connectivity index (χ2v) is 10.1. The molecule has 1 aliphatic rings. The highest BCUT2D eigenvalue weighted by atomic mass is 32.2. The second-order valence-electron chi connectivity index (χ2n) is 8.31. The summed E-state index contributed by atoms with van der Waals surface area (Å²) in [7, 11) is -3.34. The van der Waals surface area contributed by atoms with Gasteiger partial charge in [-0.25, -0.2) is 13.1 Å². The molecule has 1 N–H and O–H groups in total. The third kappa shape index (κ3) is 5.90. The summed E-state index contributed by atoms with van der Waals surface area (Å²) < 4.78 is 26.5. The Bertz CT molecular complexity index is 942. The van der Waals surface area contributed by atoms with Gasteiger partial charge in [0.25, 0.3) is 0 Å². The lowest BCUT2D eigenvalue weighted by atomic mass is 9.96. The van der Waals surface area contributed by atoms with Crippen LogP contribution in [-0.2, 0) is 21.2 Å². The van der Waals surface area contributed by atoms with Crippen LogP contribution in [-0.4, -0.2) is 44.1 Å². The Hall–Kier alpha value is -2.18. The molecule has 0 saturated carbocycles. The Morgan fingerprint density at radius 3 is 2.45 bits per heavy atom. The maximum Gasteiger partial charge on any atom is 0.223 e.